The number of nitrogens with zero attached hydrogens (tertiary/aromatic N) is 4. The number of aromatic nitrogens is 4. The van der Waals surface area contributed by atoms with Crippen LogP contribution >= 0.6 is 0 Å². The van der Waals surface area contributed by atoms with Crippen molar-refractivity contribution in [3.8, 4) is 0 Å². The first-order valence-electron chi connectivity index (χ1n) is 9.63. The topological polar surface area (TPSA) is 80.1 Å². The number of aryl methyl sites for hydroxylation is 1. The van der Waals surface area contributed by atoms with Gasteiger partial charge in [-0.2, -0.15) is 0 Å². The molecule has 5 heterocycles. The fourth-order valence-electron chi connectivity index (χ4n) is 4.12. The Morgan fingerprint density at radius 1 is 1.11 bits per heavy atom. The van der Waals surface area contributed by atoms with Crippen molar-refractivity contribution >= 4 is 33.6 Å². The molecule has 1 aliphatic carbocycles. The summed E-state index contributed by atoms with van der Waals surface area (Å²) in [5.41, 5.74) is 5.62. The maximum Gasteiger partial charge on any atom is 0.229 e. The Balaban J connectivity index is 1.62. The van der Waals surface area contributed by atoms with Gasteiger partial charge in [0.1, 0.15) is 5.52 Å². The number of pyridine rings is 1. The molecule has 0 amide bonds. The van der Waals surface area contributed by atoms with Gasteiger partial charge in [-0.1, -0.05) is 6.08 Å². The summed E-state index contributed by atoms with van der Waals surface area (Å²) in [5.74, 6) is 1.56. The van der Waals surface area contributed by atoms with Crippen LogP contribution in [0, 0.1) is 0 Å². The van der Waals surface area contributed by atoms with Crippen LogP contribution in [0.1, 0.15) is 23.5 Å². The molecule has 0 bridgehead atoms. The van der Waals surface area contributed by atoms with Crippen LogP contribution in [0.25, 0.3) is 27.8 Å². The van der Waals surface area contributed by atoms with Crippen molar-refractivity contribution in [3.63, 3.8) is 0 Å². The van der Waals surface area contributed by atoms with Crippen LogP contribution in [-0.4, -0.2) is 46.2 Å². The van der Waals surface area contributed by atoms with E-state index < -0.39 is 0 Å². The number of ether oxygens (including phenoxy) is 1. The Labute approximate surface area is 161 Å². The molecule has 1 N–H and O–H groups in total. The van der Waals surface area contributed by atoms with Gasteiger partial charge in [0.2, 0.25) is 5.71 Å². The zero-order valence-corrected chi connectivity index (χ0v) is 15.3. The minimum atomic E-state index is 0.596. The van der Waals surface area contributed by atoms with Gasteiger partial charge in [-0.3, -0.25) is 0 Å². The predicted molar refractivity (Wildman–Crippen MR) is 106 cm³/mol. The summed E-state index contributed by atoms with van der Waals surface area (Å²) in [6.45, 7) is 2.93. The molecule has 1 aliphatic heterocycles. The average molecular weight is 373 g/mol. The first-order chi connectivity index (χ1) is 13.9. The summed E-state index contributed by atoms with van der Waals surface area (Å²) in [6, 6.07) is 6.03. The fraction of sp³-hybridized carbons (Fsp3) is 0.286. The Kier molecular flexibility index (Phi) is 3.49. The SMILES string of the molecule is C1=C(c2nc(N3CCOCC3)c3oc4ncccc4c3n2)c2cc[nH]c2CC1. The Morgan fingerprint density at radius 3 is 2.96 bits per heavy atom. The zero-order valence-electron chi connectivity index (χ0n) is 15.3. The average Bonchev–Trinajstić information content (AvgIpc) is 3.38. The van der Waals surface area contributed by atoms with Gasteiger partial charge in [0.15, 0.2) is 17.2 Å². The molecule has 28 heavy (non-hydrogen) atoms. The van der Waals surface area contributed by atoms with E-state index in [9.17, 15) is 0 Å². The van der Waals surface area contributed by atoms with Crippen molar-refractivity contribution < 1.29 is 9.15 Å². The summed E-state index contributed by atoms with van der Waals surface area (Å²) in [6.07, 6.45) is 7.96. The number of anilines is 1. The number of aromatic amines is 1. The van der Waals surface area contributed by atoms with E-state index in [-0.39, 0.29) is 0 Å². The quantitative estimate of drug-likeness (QED) is 0.581. The molecule has 1 saturated heterocycles. The molecule has 4 aromatic rings. The van der Waals surface area contributed by atoms with Gasteiger partial charge in [-0.05, 0) is 31.0 Å². The van der Waals surface area contributed by atoms with Gasteiger partial charge < -0.3 is 19.0 Å². The first kappa shape index (κ1) is 15.8. The third kappa shape index (κ3) is 2.36. The minimum Gasteiger partial charge on any atom is -0.432 e. The normalized spacial score (nSPS) is 17.1. The second-order valence-corrected chi connectivity index (χ2v) is 7.13. The van der Waals surface area contributed by atoms with Crippen LogP contribution < -0.4 is 4.90 Å². The number of fused-ring (bicyclic) bond motifs is 4. The summed E-state index contributed by atoms with van der Waals surface area (Å²) in [5, 5.41) is 0.918. The largest absolute Gasteiger partial charge is 0.432 e. The Bertz CT molecular complexity index is 1220. The standard InChI is InChI=1S/C21H19N5O2/c1-3-14(13-6-8-22-16(13)5-1)19-24-17-15-4-2-7-23-21(15)28-18(17)20(25-19)26-9-11-27-12-10-26/h2-4,6-8,22H,1,5,9-12H2. The number of furan rings is 1. The van der Waals surface area contributed by atoms with E-state index in [0.29, 0.717) is 24.5 Å². The van der Waals surface area contributed by atoms with E-state index in [1.54, 1.807) is 6.20 Å². The molecule has 0 aromatic carbocycles. The fourth-order valence-corrected chi connectivity index (χ4v) is 4.12. The number of morpholine rings is 1. The lowest BCUT2D eigenvalue weighted by Gasteiger charge is -2.28. The molecule has 0 spiro atoms. The maximum atomic E-state index is 6.09. The van der Waals surface area contributed by atoms with E-state index in [2.05, 4.69) is 27.0 Å². The molecule has 0 radical (unpaired) electrons. The number of rotatable bonds is 2. The van der Waals surface area contributed by atoms with Crippen molar-refractivity contribution in [1.82, 2.24) is 19.9 Å². The van der Waals surface area contributed by atoms with Crippen molar-refractivity contribution in [3.05, 3.63) is 53.8 Å². The Hall–Kier alpha value is -3.19. The lowest BCUT2D eigenvalue weighted by atomic mass is 9.96. The van der Waals surface area contributed by atoms with Gasteiger partial charge in [0, 0.05) is 42.3 Å². The van der Waals surface area contributed by atoms with Crippen LogP contribution in [0.5, 0.6) is 0 Å². The van der Waals surface area contributed by atoms with E-state index >= 15 is 0 Å². The summed E-state index contributed by atoms with van der Waals surface area (Å²) < 4.78 is 11.6. The molecular weight excluding hydrogens is 354 g/mol. The second kappa shape index (κ2) is 6.17. The highest BCUT2D eigenvalue weighted by Gasteiger charge is 2.25. The molecule has 140 valence electrons. The lowest BCUT2D eigenvalue weighted by molar-refractivity contribution is 0.122. The number of allylic oxidation sites excluding steroid dienone is 1. The lowest BCUT2D eigenvalue weighted by Crippen LogP contribution is -2.37. The number of H-pyrrole nitrogens is 1. The Morgan fingerprint density at radius 2 is 2.04 bits per heavy atom. The zero-order chi connectivity index (χ0) is 18.5. The van der Waals surface area contributed by atoms with Gasteiger partial charge in [-0.25, -0.2) is 15.0 Å². The highest BCUT2D eigenvalue weighted by atomic mass is 16.5. The van der Waals surface area contributed by atoms with Gasteiger partial charge in [-0.15, -0.1) is 0 Å². The maximum absolute atomic E-state index is 6.09. The third-order valence-electron chi connectivity index (χ3n) is 5.49. The molecule has 0 atom stereocenters. The molecule has 1 fully saturated rings. The van der Waals surface area contributed by atoms with Gasteiger partial charge in [0.05, 0.1) is 18.6 Å². The van der Waals surface area contributed by atoms with Crippen molar-refractivity contribution in [1.29, 1.82) is 0 Å². The van der Waals surface area contributed by atoms with Crippen molar-refractivity contribution in [2.24, 2.45) is 0 Å². The van der Waals surface area contributed by atoms with Crippen LogP contribution in [-0.2, 0) is 11.2 Å². The first-order valence-corrected chi connectivity index (χ1v) is 9.63. The summed E-state index contributed by atoms with van der Waals surface area (Å²) in [7, 11) is 0. The number of nitrogens with one attached hydrogen (secondary N) is 1. The van der Waals surface area contributed by atoms with E-state index in [1.165, 1.54) is 11.3 Å². The molecular formula is C21H19N5O2. The van der Waals surface area contributed by atoms with Gasteiger partial charge in [0.25, 0.3) is 0 Å². The third-order valence-corrected chi connectivity index (χ3v) is 5.49. The molecule has 6 rings (SSSR count). The number of hydrogen-bond donors (Lipinski definition) is 1. The number of hydrogen-bond acceptors (Lipinski definition) is 6. The van der Waals surface area contributed by atoms with Crippen LogP contribution in [0.15, 0.2) is 41.1 Å². The molecule has 7 nitrogen and oxygen atoms in total. The van der Waals surface area contributed by atoms with Crippen LogP contribution in [0.3, 0.4) is 0 Å². The molecule has 4 aromatic heterocycles. The molecule has 7 heteroatoms. The van der Waals surface area contributed by atoms with Gasteiger partial charge >= 0.3 is 0 Å². The monoisotopic (exact) mass is 373 g/mol. The van der Waals surface area contributed by atoms with Crippen molar-refractivity contribution in [2.75, 3.05) is 31.2 Å². The predicted octanol–water partition coefficient (Wildman–Crippen LogP) is 3.31. The molecule has 0 unspecified atom stereocenters. The summed E-state index contributed by atoms with van der Waals surface area (Å²) >= 11 is 0. The molecule has 2 aliphatic rings. The summed E-state index contributed by atoms with van der Waals surface area (Å²) in [4.78, 5) is 19.9. The van der Waals surface area contributed by atoms with E-state index in [4.69, 9.17) is 19.1 Å². The highest BCUT2D eigenvalue weighted by molar-refractivity contribution is 6.05. The van der Waals surface area contributed by atoms with E-state index in [0.717, 1.165) is 54.0 Å². The smallest absolute Gasteiger partial charge is 0.229 e. The van der Waals surface area contributed by atoms with Crippen LogP contribution in [0.2, 0.25) is 0 Å². The van der Waals surface area contributed by atoms with Crippen LogP contribution in [0.4, 0.5) is 5.82 Å². The second-order valence-electron chi connectivity index (χ2n) is 7.13. The minimum absolute atomic E-state index is 0.596. The van der Waals surface area contributed by atoms with E-state index in [1.807, 2.05) is 18.3 Å². The molecule has 0 saturated carbocycles. The highest BCUT2D eigenvalue weighted by Crippen LogP contribution is 2.36. The van der Waals surface area contributed by atoms with Crippen molar-refractivity contribution in [2.45, 2.75) is 12.8 Å².